The molecule has 3 N–H and O–H groups in total. The number of benzene rings is 1. The molecule has 18 heavy (non-hydrogen) atoms. The van der Waals surface area contributed by atoms with E-state index in [1.54, 1.807) is 12.1 Å². The summed E-state index contributed by atoms with van der Waals surface area (Å²) in [7, 11) is -2.08. The zero-order valence-electron chi connectivity index (χ0n) is 11.0. The highest BCUT2D eigenvalue weighted by Gasteiger charge is 2.19. The van der Waals surface area contributed by atoms with Gasteiger partial charge in [0.1, 0.15) is 10.6 Å². The van der Waals surface area contributed by atoms with E-state index in [1.165, 1.54) is 7.11 Å². The summed E-state index contributed by atoms with van der Waals surface area (Å²) in [6.07, 6.45) is 0.604. The molecule has 6 heteroatoms. The molecule has 5 nitrogen and oxygen atoms in total. The quantitative estimate of drug-likeness (QED) is 0.755. The zero-order chi connectivity index (χ0) is 13.8. The summed E-state index contributed by atoms with van der Waals surface area (Å²) in [5.41, 5.74) is 7.24. The lowest BCUT2D eigenvalue weighted by molar-refractivity contribution is 0.402. The zero-order valence-corrected chi connectivity index (χ0v) is 11.8. The van der Waals surface area contributed by atoms with E-state index in [2.05, 4.69) is 4.72 Å². The van der Waals surface area contributed by atoms with Crippen molar-refractivity contribution in [2.75, 3.05) is 20.2 Å². The Morgan fingerprint density at radius 1 is 1.28 bits per heavy atom. The van der Waals surface area contributed by atoms with Crippen LogP contribution in [0.15, 0.2) is 17.0 Å². The molecule has 0 aliphatic carbocycles. The van der Waals surface area contributed by atoms with E-state index < -0.39 is 10.0 Å². The van der Waals surface area contributed by atoms with Gasteiger partial charge in [0.25, 0.3) is 0 Å². The highest BCUT2D eigenvalue weighted by Crippen LogP contribution is 2.26. The average molecular weight is 272 g/mol. The number of hydrogen-bond acceptors (Lipinski definition) is 4. The summed E-state index contributed by atoms with van der Waals surface area (Å²) in [4.78, 5) is 0.171. The van der Waals surface area contributed by atoms with Gasteiger partial charge in [-0.15, -0.1) is 0 Å². The molecule has 0 heterocycles. The Labute approximate surface area is 108 Å². The summed E-state index contributed by atoms with van der Waals surface area (Å²) in [6.45, 7) is 4.56. The summed E-state index contributed by atoms with van der Waals surface area (Å²) >= 11 is 0. The fraction of sp³-hybridized carbons (Fsp3) is 0.500. The van der Waals surface area contributed by atoms with Crippen LogP contribution in [-0.4, -0.2) is 28.6 Å². The predicted molar refractivity (Wildman–Crippen MR) is 71.3 cm³/mol. The summed E-state index contributed by atoms with van der Waals surface area (Å²) in [5.74, 6) is 0.360. The molecule has 0 bridgehead atoms. The first kappa shape index (κ1) is 14.9. The van der Waals surface area contributed by atoms with Crippen molar-refractivity contribution in [1.82, 2.24) is 4.72 Å². The van der Waals surface area contributed by atoms with Crippen LogP contribution in [0.25, 0.3) is 0 Å². The van der Waals surface area contributed by atoms with Gasteiger partial charge < -0.3 is 10.5 Å². The maximum atomic E-state index is 12.1. The molecule has 0 amide bonds. The van der Waals surface area contributed by atoms with Crippen molar-refractivity contribution in [3.8, 4) is 5.75 Å². The van der Waals surface area contributed by atoms with Crippen LogP contribution in [0.2, 0.25) is 0 Å². The largest absolute Gasteiger partial charge is 0.495 e. The van der Waals surface area contributed by atoms with Crippen LogP contribution in [0, 0.1) is 13.8 Å². The highest BCUT2D eigenvalue weighted by molar-refractivity contribution is 7.89. The van der Waals surface area contributed by atoms with E-state index in [0.717, 1.165) is 11.1 Å². The van der Waals surface area contributed by atoms with Crippen LogP contribution >= 0.6 is 0 Å². The van der Waals surface area contributed by atoms with Gasteiger partial charge in [-0.25, -0.2) is 13.1 Å². The molecule has 0 saturated heterocycles. The molecule has 0 aliphatic heterocycles. The number of nitrogens with two attached hydrogens (primary N) is 1. The molecule has 0 saturated carbocycles. The molecular formula is C12H20N2O3S. The Morgan fingerprint density at radius 2 is 1.89 bits per heavy atom. The van der Waals surface area contributed by atoms with Crippen LogP contribution in [0.4, 0.5) is 0 Å². The number of hydrogen-bond donors (Lipinski definition) is 2. The number of ether oxygens (including phenoxy) is 1. The SMILES string of the molecule is COc1cc(C)c(C)cc1S(=O)(=O)NCCCN. The minimum Gasteiger partial charge on any atom is -0.495 e. The van der Waals surface area contributed by atoms with Crippen LogP contribution in [-0.2, 0) is 10.0 Å². The van der Waals surface area contributed by atoms with Gasteiger partial charge in [0.15, 0.2) is 0 Å². The monoisotopic (exact) mass is 272 g/mol. The molecule has 0 fully saturated rings. The highest BCUT2D eigenvalue weighted by atomic mass is 32.2. The van der Waals surface area contributed by atoms with E-state index in [9.17, 15) is 8.42 Å². The third-order valence-corrected chi connectivity index (χ3v) is 4.22. The number of rotatable bonds is 6. The number of nitrogens with one attached hydrogen (secondary N) is 1. The fourth-order valence-corrected chi connectivity index (χ4v) is 2.83. The summed E-state index contributed by atoms with van der Waals surface area (Å²) in [5, 5.41) is 0. The second kappa shape index (κ2) is 6.17. The molecule has 0 unspecified atom stereocenters. The van der Waals surface area contributed by atoms with Crippen molar-refractivity contribution in [3.63, 3.8) is 0 Å². The summed E-state index contributed by atoms with van der Waals surface area (Å²) in [6, 6.07) is 3.35. The topological polar surface area (TPSA) is 81.4 Å². The lowest BCUT2D eigenvalue weighted by atomic mass is 10.1. The third kappa shape index (κ3) is 3.44. The van der Waals surface area contributed by atoms with Crippen molar-refractivity contribution < 1.29 is 13.2 Å². The van der Waals surface area contributed by atoms with Gasteiger partial charge in [0, 0.05) is 6.54 Å². The maximum Gasteiger partial charge on any atom is 0.244 e. The summed E-state index contributed by atoms with van der Waals surface area (Å²) < 4.78 is 31.9. The molecular weight excluding hydrogens is 252 g/mol. The molecule has 1 rings (SSSR count). The van der Waals surface area contributed by atoms with Crippen molar-refractivity contribution >= 4 is 10.0 Å². The fourth-order valence-electron chi connectivity index (χ4n) is 1.52. The molecule has 0 aromatic heterocycles. The molecule has 0 spiro atoms. The van der Waals surface area contributed by atoms with E-state index in [1.807, 2.05) is 13.8 Å². The predicted octanol–water partition coefficient (Wildman–Crippen LogP) is 0.939. The van der Waals surface area contributed by atoms with Crippen molar-refractivity contribution in [1.29, 1.82) is 0 Å². The van der Waals surface area contributed by atoms with Crippen LogP contribution in [0.5, 0.6) is 5.75 Å². The first-order valence-electron chi connectivity index (χ1n) is 5.77. The Balaban J connectivity index is 3.11. The first-order chi connectivity index (χ1) is 8.42. The van der Waals surface area contributed by atoms with E-state index in [0.29, 0.717) is 25.3 Å². The minimum absolute atomic E-state index is 0.171. The Morgan fingerprint density at radius 3 is 2.44 bits per heavy atom. The van der Waals surface area contributed by atoms with Gasteiger partial charge in [0.2, 0.25) is 10.0 Å². The van der Waals surface area contributed by atoms with Crippen molar-refractivity contribution in [3.05, 3.63) is 23.3 Å². The van der Waals surface area contributed by atoms with Crippen LogP contribution in [0.3, 0.4) is 0 Å². The van der Waals surface area contributed by atoms with Crippen molar-refractivity contribution in [2.45, 2.75) is 25.2 Å². The minimum atomic E-state index is -3.55. The first-order valence-corrected chi connectivity index (χ1v) is 7.25. The number of sulfonamides is 1. The lowest BCUT2D eigenvalue weighted by Gasteiger charge is -2.13. The van der Waals surface area contributed by atoms with Crippen LogP contribution < -0.4 is 15.2 Å². The molecule has 0 radical (unpaired) electrons. The van der Waals surface area contributed by atoms with Gasteiger partial charge >= 0.3 is 0 Å². The second-order valence-corrected chi connectivity index (χ2v) is 5.86. The molecule has 1 aromatic rings. The molecule has 0 aliphatic rings. The Hall–Kier alpha value is -1.11. The van der Waals surface area contributed by atoms with Gasteiger partial charge in [-0.1, -0.05) is 0 Å². The smallest absolute Gasteiger partial charge is 0.244 e. The standard InChI is InChI=1S/C12H20N2O3S/c1-9-7-11(17-3)12(8-10(9)2)18(15,16)14-6-4-5-13/h7-8,14H,4-6,13H2,1-3H3. The molecule has 1 aromatic carbocycles. The number of aryl methyl sites for hydroxylation is 2. The Kier molecular flexibility index (Phi) is 5.13. The van der Waals surface area contributed by atoms with E-state index in [4.69, 9.17) is 10.5 Å². The van der Waals surface area contributed by atoms with Gasteiger partial charge in [0.05, 0.1) is 7.11 Å². The number of methoxy groups -OCH3 is 1. The molecule has 102 valence electrons. The van der Waals surface area contributed by atoms with Crippen molar-refractivity contribution in [2.24, 2.45) is 5.73 Å². The third-order valence-electron chi connectivity index (χ3n) is 2.74. The normalized spacial score (nSPS) is 11.6. The van der Waals surface area contributed by atoms with E-state index >= 15 is 0 Å². The second-order valence-electron chi connectivity index (χ2n) is 4.13. The van der Waals surface area contributed by atoms with Gasteiger partial charge in [-0.3, -0.25) is 0 Å². The maximum absolute atomic E-state index is 12.1. The Bertz CT molecular complexity index is 512. The van der Waals surface area contributed by atoms with E-state index in [-0.39, 0.29) is 4.90 Å². The van der Waals surface area contributed by atoms with Crippen LogP contribution in [0.1, 0.15) is 17.5 Å². The molecule has 0 atom stereocenters. The lowest BCUT2D eigenvalue weighted by Crippen LogP contribution is -2.26. The average Bonchev–Trinajstić information content (AvgIpc) is 2.32. The van der Waals surface area contributed by atoms with Gasteiger partial charge in [-0.2, -0.15) is 0 Å². The van der Waals surface area contributed by atoms with Gasteiger partial charge in [-0.05, 0) is 50.1 Å².